The molecule has 1 heterocycles. The first-order chi connectivity index (χ1) is 9.11. The molecule has 1 nitrogen and oxygen atoms in total. The molecule has 0 aliphatic rings. The summed E-state index contributed by atoms with van der Waals surface area (Å²) >= 11 is 1.84. The van der Waals surface area contributed by atoms with Crippen molar-refractivity contribution in [3.05, 3.63) is 56.8 Å². The molecule has 102 valence electrons. The van der Waals surface area contributed by atoms with E-state index >= 15 is 0 Å². The van der Waals surface area contributed by atoms with Crippen molar-refractivity contribution >= 4 is 11.3 Å². The Kier molecular flexibility index (Phi) is 4.78. The summed E-state index contributed by atoms with van der Waals surface area (Å²) in [6.45, 7) is 9.78. The molecule has 0 aliphatic carbocycles. The van der Waals surface area contributed by atoms with Crippen molar-refractivity contribution in [3.63, 3.8) is 0 Å². The van der Waals surface area contributed by atoms with Gasteiger partial charge in [-0.25, -0.2) is 0 Å². The highest BCUT2D eigenvalue weighted by Gasteiger charge is 2.11. The Bertz CT molecular complexity index is 505. The minimum absolute atomic E-state index is 0.472. The van der Waals surface area contributed by atoms with Gasteiger partial charge in [-0.3, -0.25) is 0 Å². The van der Waals surface area contributed by atoms with Gasteiger partial charge in [0.05, 0.1) is 0 Å². The lowest BCUT2D eigenvalue weighted by atomic mass is 9.99. The van der Waals surface area contributed by atoms with Crippen LogP contribution in [0.3, 0.4) is 0 Å². The van der Waals surface area contributed by atoms with Gasteiger partial charge in [0.1, 0.15) is 0 Å². The summed E-state index contributed by atoms with van der Waals surface area (Å²) in [7, 11) is 0. The van der Waals surface area contributed by atoms with E-state index in [2.05, 4.69) is 62.7 Å². The van der Waals surface area contributed by atoms with E-state index in [-0.39, 0.29) is 0 Å². The first kappa shape index (κ1) is 14.3. The lowest BCUT2D eigenvalue weighted by molar-refractivity contribution is 0.524. The van der Waals surface area contributed by atoms with Gasteiger partial charge in [-0.2, -0.15) is 0 Å². The molecule has 1 aromatic heterocycles. The maximum Gasteiger partial charge on any atom is 0.0414 e. The molecule has 0 fully saturated rings. The summed E-state index contributed by atoms with van der Waals surface area (Å²) in [4.78, 5) is 1.44. The molecule has 2 aromatic rings. The maximum absolute atomic E-state index is 3.70. The first-order valence-electron chi connectivity index (χ1n) is 6.95. The molecular weight excluding hydrogens is 250 g/mol. The zero-order valence-corrected chi connectivity index (χ0v) is 13.1. The molecule has 0 amide bonds. The van der Waals surface area contributed by atoms with Crippen molar-refractivity contribution < 1.29 is 0 Å². The standard InChI is InChI=1S/C17H23NS/c1-5-16(17-7-6-8-19-17)18-11-15-13(3)9-12(2)10-14(15)4/h6-10,16,18H,5,11H2,1-4H3. The molecule has 1 N–H and O–H groups in total. The molecule has 0 spiro atoms. The van der Waals surface area contributed by atoms with Gasteiger partial charge in [0.2, 0.25) is 0 Å². The van der Waals surface area contributed by atoms with E-state index < -0.39 is 0 Å². The number of thiophene rings is 1. The molecule has 1 aromatic carbocycles. The average molecular weight is 273 g/mol. The van der Waals surface area contributed by atoms with Crippen molar-refractivity contribution in [2.24, 2.45) is 0 Å². The van der Waals surface area contributed by atoms with Crippen LogP contribution in [0.15, 0.2) is 29.6 Å². The highest BCUT2D eigenvalue weighted by molar-refractivity contribution is 7.10. The molecule has 1 unspecified atom stereocenters. The van der Waals surface area contributed by atoms with Crippen molar-refractivity contribution in [1.82, 2.24) is 5.32 Å². The van der Waals surface area contributed by atoms with Gasteiger partial charge in [-0.1, -0.05) is 30.7 Å². The predicted molar refractivity (Wildman–Crippen MR) is 84.8 cm³/mol. The second-order valence-corrected chi connectivity index (χ2v) is 6.21. The molecule has 0 saturated heterocycles. The number of nitrogens with one attached hydrogen (secondary N) is 1. The number of hydrogen-bond acceptors (Lipinski definition) is 2. The third-order valence-corrected chi connectivity index (χ3v) is 4.65. The number of aryl methyl sites for hydroxylation is 3. The monoisotopic (exact) mass is 273 g/mol. The summed E-state index contributed by atoms with van der Waals surface area (Å²) in [5.74, 6) is 0. The van der Waals surface area contributed by atoms with Crippen LogP contribution < -0.4 is 5.32 Å². The Morgan fingerprint density at radius 3 is 2.37 bits per heavy atom. The van der Waals surface area contributed by atoms with Crippen LogP contribution in [0.1, 0.15) is 46.5 Å². The Hall–Kier alpha value is -1.12. The van der Waals surface area contributed by atoms with E-state index in [1.54, 1.807) is 0 Å². The number of benzene rings is 1. The van der Waals surface area contributed by atoms with Crippen LogP contribution in [0.25, 0.3) is 0 Å². The van der Waals surface area contributed by atoms with Crippen molar-refractivity contribution in [3.8, 4) is 0 Å². The van der Waals surface area contributed by atoms with Crippen LogP contribution in [0.2, 0.25) is 0 Å². The van der Waals surface area contributed by atoms with Gasteiger partial charge >= 0.3 is 0 Å². The van der Waals surface area contributed by atoms with Crippen LogP contribution in [-0.4, -0.2) is 0 Å². The minimum Gasteiger partial charge on any atom is -0.305 e. The van der Waals surface area contributed by atoms with E-state index in [4.69, 9.17) is 0 Å². The molecule has 1 atom stereocenters. The topological polar surface area (TPSA) is 12.0 Å². The first-order valence-corrected chi connectivity index (χ1v) is 7.83. The van der Waals surface area contributed by atoms with Crippen LogP contribution >= 0.6 is 11.3 Å². The molecule has 2 rings (SSSR count). The normalized spacial score (nSPS) is 12.6. The fraction of sp³-hybridized carbons (Fsp3) is 0.412. The summed E-state index contributed by atoms with van der Waals surface area (Å²) in [6.07, 6.45) is 1.13. The zero-order chi connectivity index (χ0) is 13.8. The summed E-state index contributed by atoms with van der Waals surface area (Å²) in [6, 6.07) is 9.37. The predicted octanol–water partition coefficient (Wildman–Crippen LogP) is 4.91. The summed E-state index contributed by atoms with van der Waals surface area (Å²) < 4.78 is 0. The van der Waals surface area contributed by atoms with Gasteiger partial charge in [-0.05, 0) is 55.3 Å². The van der Waals surface area contributed by atoms with E-state index in [9.17, 15) is 0 Å². The van der Waals surface area contributed by atoms with E-state index in [1.807, 2.05) is 11.3 Å². The smallest absolute Gasteiger partial charge is 0.0414 e. The fourth-order valence-corrected chi connectivity index (χ4v) is 3.54. The van der Waals surface area contributed by atoms with E-state index in [0.29, 0.717) is 6.04 Å². The molecule has 0 aliphatic heterocycles. The molecule has 0 radical (unpaired) electrons. The third-order valence-electron chi connectivity index (χ3n) is 3.66. The summed E-state index contributed by atoms with van der Waals surface area (Å²) in [5, 5.41) is 5.85. The molecule has 0 saturated carbocycles. The average Bonchev–Trinajstić information content (AvgIpc) is 2.86. The third kappa shape index (κ3) is 3.46. The van der Waals surface area contributed by atoms with Gasteiger partial charge in [-0.15, -0.1) is 11.3 Å². The SMILES string of the molecule is CCC(NCc1c(C)cc(C)cc1C)c1cccs1. The molecule has 19 heavy (non-hydrogen) atoms. The largest absolute Gasteiger partial charge is 0.305 e. The lowest BCUT2D eigenvalue weighted by Crippen LogP contribution is -2.20. The summed E-state index contributed by atoms with van der Waals surface area (Å²) in [5.41, 5.74) is 5.58. The van der Waals surface area contributed by atoms with Crippen LogP contribution in [0.4, 0.5) is 0 Å². The Morgan fingerprint density at radius 2 is 1.84 bits per heavy atom. The van der Waals surface area contributed by atoms with Crippen LogP contribution in [0.5, 0.6) is 0 Å². The van der Waals surface area contributed by atoms with Crippen LogP contribution in [0, 0.1) is 20.8 Å². The highest BCUT2D eigenvalue weighted by Crippen LogP contribution is 2.23. The molecular formula is C17H23NS. The molecule has 2 heteroatoms. The Morgan fingerprint density at radius 1 is 1.16 bits per heavy atom. The maximum atomic E-state index is 3.70. The minimum atomic E-state index is 0.472. The zero-order valence-electron chi connectivity index (χ0n) is 12.3. The van der Waals surface area contributed by atoms with E-state index in [1.165, 1.54) is 27.1 Å². The van der Waals surface area contributed by atoms with Gasteiger partial charge in [0.25, 0.3) is 0 Å². The van der Waals surface area contributed by atoms with E-state index in [0.717, 1.165) is 13.0 Å². The van der Waals surface area contributed by atoms with Gasteiger partial charge in [0, 0.05) is 17.5 Å². The van der Waals surface area contributed by atoms with Crippen molar-refractivity contribution in [1.29, 1.82) is 0 Å². The van der Waals surface area contributed by atoms with Crippen molar-refractivity contribution in [2.45, 2.75) is 46.7 Å². The fourth-order valence-electron chi connectivity index (χ4n) is 2.65. The Labute approximate surface area is 120 Å². The van der Waals surface area contributed by atoms with Gasteiger partial charge < -0.3 is 5.32 Å². The molecule has 0 bridgehead atoms. The van der Waals surface area contributed by atoms with Crippen LogP contribution in [-0.2, 0) is 6.54 Å². The second kappa shape index (κ2) is 6.36. The second-order valence-electron chi connectivity index (χ2n) is 5.23. The van der Waals surface area contributed by atoms with Gasteiger partial charge in [0.15, 0.2) is 0 Å². The lowest BCUT2D eigenvalue weighted by Gasteiger charge is -2.18. The number of rotatable bonds is 5. The number of hydrogen-bond donors (Lipinski definition) is 1. The quantitative estimate of drug-likeness (QED) is 0.816. The highest BCUT2D eigenvalue weighted by atomic mass is 32.1. The van der Waals surface area contributed by atoms with Crippen molar-refractivity contribution in [2.75, 3.05) is 0 Å². The Balaban J connectivity index is 2.10.